The standard InChI is InChI=1S/C23H25N3O2/c1-26(19-15-9-4-10-16-19)23-20(22(27)24-18-13-7-3-8-14-18)21(25-28-23)17-11-5-2-6-12-17/h2,4-6,9-12,15-16,18H,3,7-8,13-14H2,1H3,(H,24,27). The third-order valence-corrected chi connectivity index (χ3v) is 5.34. The summed E-state index contributed by atoms with van der Waals surface area (Å²) in [6.07, 6.45) is 5.63. The molecule has 0 unspecified atom stereocenters. The molecule has 1 saturated carbocycles. The summed E-state index contributed by atoms with van der Waals surface area (Å²) < 4.78 is 5.69. The van der Waals surface area contributed by atoms with Gasteiger partial charge in [-0.15, -0.1) is 0 Å². The second kappa shape index (κ2) is 8.30. The lowest BCUT2D eigenvalue weighted by Crippen LogP contribution is -2.36. The van der Waals surface area contributed by atoms with Gasteiger partial charge in [0.25, 0.3) is 5.91 Å². The van der Waals surface area contributed by atoms with Gasteiger partial charge in [0.2, 0.25) is 5.88 Å². The quantitative estimate of drug-likeness (QED) is 0.668. The van der Waals surface area contributed by atoms with Gasteiger partial charge >= 0.3 is 0 Å². The summed E-state index contributed by atoms with van der Waals surface area (Å²) in [6, 6.07) is 19.8. The van der Waals surface area contributed by atoms with Crippen LogP contribution in [-0.2, 0) is 0 Å². The van der Waals surface area contributed by atoms with Crippen LogP contribution in [0.3, 0.4) is 0 Å². The number of amides is 1. The molecule has 5 heteroatoms. The zero-order valence-corrected chi connectivity index (χ0v) is 16.1. The van der Waals surface area contributed by atoms with E-state index in [1.807, 2.05) is 72.6 Å². The Morgan fingerprint density at radius 2 is 1.64 bits per heavy atom. The molecule has 0 spiro atoms. The third kappa shape index (κ3) is 3.79. The van der Waals surface area contributed by atoms with Crippen molar-refractivity contribution in [3.05, 3.63) is 66.2 Å². The number of carbonyl (C=O) groups excluding carboxylic acids is 1. The molecular weight excluding hydrogens is 350 g/mol. The molecule has 1 aliphatic carbocycles. The molecule has 28 heavy (non-hydrogen) atoms. The number of nitrogens with zero attached hydrogens (tertiary/aromatic N) is 2. The highest BCUT2D eigenvalue weighted by Crippen LogP contribution is 2.34. The predicted octanol–water partition coefficient (Wildman–Crippen LogP) is 5.17. The van der Waals surface area contributed by atoms with Gasteiger partial charge in [0.15, 0.2) is 0 Å². The topological polar surface area (TPSA) is 58.4 Å². The van der Waals surface area contributed by atoms with Crippen molar-refractivity contribution < 1.29 is 9.32 Å². The van der Waals surface area contributed by atoms with Gasteiger partial charge in [0.1, 0.15) is 11.3 Å². The average Bonchev–Trinajstić information content (AvgIpc) is 3.20. The van der Waals surface area contributed by atoms with Crippen molar-refractivity contribution >= 4 is 17.5 Å². The molecule has 1 fully saturated rings. The molecule has 5 nitrogen and oxygen atoms in total. The number of aromatic nitrogens is 1. The van der Waals surface area contributed by atoms with Crippen LogP contribution >= 0.6 is 0 Å². The van der Waals surface area contributed by atoms with Gasteiger partial charge in [0.05, 0.1) is 0 Å². The van der Waals surface area contributed by atoms with Crippen LogP contribution in [0.2, 0.25) is 0 Å². The summed E-state index contributed by atoms with van der Waals surface area (Å²) in [5, 5.41) is 7.48. The predicted molar refractivity (Wildman–Crippen MR) is 111 cm³/mol. The summed E-state index contributed by atoms with van der Waals surface area (Å²) >= 11 is 0. The molecule has 0 aliphatic heterocycles. The van der Waals surface area contributed by atoms with Crippen molar-refractivity contribution in [1.82, 2.24) is 10.5 Å². The fourth-order valence-electron chi connectivity index (χ4n) is 3.78. The Hall–Kier alpha value is -3.08. The Morgan fingerprint density at radius 1 is 1.00 bits per heavy atom. The van der Waals surface area contributed by atoms with Crippen LogP contribution in [0.1, 0.15) is 42.5 Å². The van der Waals surface area contributed by atoms with E-state index in [-0.39, 0.29) is 11.9 Å². The zero-order valence-electron chi connectivity index (χ0n) is 16.1. The van der Waals surface area contributed by atoms with Crippen molar-refractivity contribution in [3.63, 3.8) is 0 Å². The number of anilines is 2. The highest BCUT2D eigenvalue weighted by atomic mass is 16.5. The minimum absolute atomic E-state index is 0.121. The van der Waals surface area contributed by atoms with Crippen LogP contribution in [0.4, 0.5) is 11.6 Å². The fraction of sp³-hybridized carbons (Fsp3) is 0.304. The van der Waals surface area contributed by atoms with Gasteiger partial charge in [-0.2, -0.15) is 0 Å². The normalized spacial score (nSPS) is 14.6. The minimum Gasteiger partial charge on any atom is -0.349 e. The van der Waals surface area contributed by atoms with Crippen LogP contribution < -0.4 is 10.2 Å². The fourth-order valence-corrected chi connectivity index (χ4v) is 3.78. The van der Waals surface area contributed by atoms with E-state index < -0.39 is 0 Å². The van der Waals surface area contributed by atoms with Crippen molar-refractivity contribution in [2.24, 2.45) is 0 Å². The van der Waals surface area contributed by atoms with Gasteiger partial charge in [-0.1, -0.05) is 73.0 Å². The third-order valence-electron chi connectivity index (χ3n) is 5.34. The maximum absolute atomic E-state index is 13.3. The summed E-state index contributed by atoms with van der Waals surface area (Å²) in [4.78, 5) is 15.2. The molecule has 4 rings (SSSR count). The average molecular weight is 375 g/mol. The number of rotatable bonds is 5. The molecule has 2 aromatic carbocycles. The lowest BCUT2D eigenvalue weighted by molar-refractivity contribution is 0.0928. The number of nitrogens with one attached hydrogen (secondary N) is 1. The Kier molecular flexibility index (Phi) is 5.42. The van der Waals surface area contributed by atoms with Crippen LogP contribution in [0, 0.1) is 0 Å². The minimum atomic E-state index is -0.121. The number of carbonyl (C=O) groups is 1. The van der Waals surface area contributed by atoms with E-state index in [9.17, 15) is 4.79 Å². The summed E-state index contributed by atoms with van der Waals surface area (Å²) in [5.74, 6) is 0.336. The van der Waals surface area contributed by atoms with Gasteiger partial charge in [0, 0.05) is 24.3 Å². The Morgan fingerprint density at radius 3 is 2.32 bits per heavy atom. The molecule has 3 aromatic rings. The molecule has 1 heterocycles. The van der Waals surface area contributed by atoms with Gasteiger partial charge < -0.3 is 14.7 Å². The molecule has 1 aliphatic rings. The van der Waals surface area contributed by atoms with E-state index in [4.69, 9.17) is 4.52 Å². The Labute approximate surface area is 165 Å². The number of hydrogen-bond acceptors (Lipinski definition) is 4. The van der Waals surface area contributed by atoms with Crippen molar-refractivity contribution in [1.29, 1.82) is 0 Å². The van der Waals surface area contributed by atoms with Crippen LogP contribution in [-0.4, -0.2) is 24.2 Å². The molecular formula is C23H25N3O2. The number of hydrogen-bond donors (Lipinski definition) is 1. The summed E-state index contributed by atoms with van der Waals surface area (Å²) in [6.45, 7) is 0. The first-order valence-corrected chi connectivity index (χ1v) is 9.89. The highest BCUT2D eigenvalue weighted by molar-refractivity contribution is 6.04. The summed E-state index contributed by atoms with van der Waals surface area (Å²) in [5.41, 5.74) is 2.87. The van der Waals surface area contributed by atoms with Gasteiger partial charge in [-0.05, 0) is 25.0 Å². The summed E-state index contributed by atoms with van der Waals surface area (Å²) in [7, 11) is 1.89. The SMILES string of the molecule is CN(c1ccccc1)c1onc(-c2ccccc2)c1C(=O)NC1CCCCC1. The second-order valence-electron chi connectivity index (χ2n) is 7.28. The molecule has 0 saturated heterocycles. The maximum Gasteiger partial charge on any atom is 0.259 e. The Bertz CT molecular complexity index is 916. The number of para-hydroxylation sites is 1. The smallest absolute Gasteiger partial charge is 0.259 e. The van der Waals surface area contributed by atoms with Crippen molar-refractivity contribution in [3.8, 4) is 11.3 Å². The maximum atomic E-state index is 13.3. The van der Waals surface area contributed by atoms with E-state index in [1.165, 1.54) is 6.42 Å². The second-order valence-corrected chi connectivity index (χ2v) is 7.28. The van der Waals surface area contributed by atoms with E-state index in [0.717, 1.165) is 36.9 Å². The van der Waals surface area contributed by atoms with Crippen LogP contribution in [0.25, 0.3) is 11.3 Å². The van der Waals surface area contributed by atoms with E-state index in [1.54, 1.807) is 0 Å². The van der Waals surface area contributed by atoms with Crippen molar-refractivity contribution in [2.75, 3.05) is 11.9 Å². The Balaban J connectivity index is 1.72. The van der Waals surface area contributed by atoms with Crippen molar-refractivity contribution in [2.45, 2.75) is 38.1 Å². The molecule has 144 valence electrons. The lowest BCUT2D eigenvalue weighted by Gasteiger charge is -2.23. The molecule has 1 N–H and O–H groups in total. The van der Waals surface area contributed by atoms with E-state index in [2.05, 4.69) is 10.5 Å². The van der Waals surface area contributed by atoms with E-state index in [0.29, 0.717) is 17.1 Å². The van der Waals surface area contributed by atoms with Gasteiger partial charge in [-0.25, -0.2) is 0 Å². The number of benzene rings is 2. The zero-order chi connectivity index (χ0) is 19.3. The first-order chi connectivity index (χ1) is 13.7. The lowest BCUT2D eigenvalue weighted by atomic mass is 9.95. The van der Waals surface area contributed by atoms with Gasteiger partial charge in [-0.3, -0.25) is 4.79 Å². The molecule has 0 bridgehead atoms. The largest absolute Gasteiger partial charge is 0.349 e. The molecule has 1 amide bonds. The first kappa shape index (κ1) is 18.3. The van der Waals surface area contributed by atoms with E-state index >= 15 is 0 Å². The van der Waals surface area contributed by atoms with Crippen LogP contribution in [0.15, 0.2) is 65.2 Å². The molecule has 0 radical (unpaired) electrons. The highest BCUT2D eigenvalue weighted by Gasteiger charge is 2.28. The molecule has 1 aromatic heterocycles. The first-order valence-electron chi connectivity index (χ1n) is 9.89. The monoisotopic (exact) mass is 375 g/mol. The molecule has 0 atom stereocenters. The van der Waals surface area contributed by atoms with Crippen LogP contribution in [0.5, 0.6) is 0 Å².